The Kier molecular flexibility index (Phi) is 4.55. The zero-order valence-corrected chi connectivity index (χ0v) is 13.8. The van der Waals surface area contributed by atoms with Gasteiger partial charge in [0.25, 0.3) is 0 Å². The minimum Gasteiger partial charge on any atom is -0.378 e. The molecule has 0 heterocycles. The highest BCUT2D eigenvalue weighted by Crippen LogP contribution is 2.51. The molecule has 0 aromatic rings. The van der Waals surface area contributed by atoms with E-state index in [1.165, 1.54) is 0 Å². The topological polar surface area (TPSA) is 45.7 Å². The van der Waals surface area contributed by atoms with E-state index < -0.39 is 0 Å². The maximum atomic E-state index is 5.66. The Morgan fingerprint density at radius 3 is 2.26 bits per heavy atom. The Morgan fingerprint density at radius 2 is 1.89 bits per heavy atom. The fourth-order valence-corrected chi connectivity index (χ4v) is 2.52. The van der Waals surface area contributed by atoms with Gasteiger partial charge in [0, 0.05) is 30.7 Å². The molecule has 0 aromatic heterocycles. The van der Waals surface area contributed by atoms with Crippen LogP contribution in [0.25, 0.3) is 0 Å². The highest BCUT2D eigenvalue weighted by atomic mass is 16.5. The van der Waals surface area contributed by atoms with Crippen molar-refractivity contribution >= 4 is 5.96 Å². The molecule has 1 rings (SSSR count). The van der Waals surface area contributed by atoms with Crippen molar-refractivity contribution in [3.8, 4) is 0 Å². The summed E-state index contributed by atoms with van der Waals surface area (Å²) in [5, 5.41) is 6.99. The van der Waals surface area contributed by atoms with E-state index in [9.17, 15) is 0 Å². The van der Waals surface area contributed by atoms with Crippen molar-refractivity contribution in [2.24, 2.45) is 10.4 Å². The monoisotopic (exact) mass is 269 g/mol. The molecule has 0 spiro atoms. The number of nitrogens with one attached hydrogen (secondary N) is 2. The number of rotatable bonds is 3. The van der Waals surface area contributed by atoms with Gasteiger partial charge in [-0.2, -0.15) is 0 Å². The standard InChI is InChI=1S/C15H31N3O/c1-9-16-12(18-13(2,3)4)17-11-10-15(7,19-8)14(11,5)6/h11H,9-10H2,1-8H3,(H2,16,17,18). The van der Waals surface area contributed by atoms with Gasteiger partial charge in [0.15, 0.2) is 5.96 Å². The first kappa shape index (κ1) is 16.3. The van der Waals surface area contributed by atoms with Crippen molar-refractivity contribution in [3.05, 3.63) is 0 Å². The van der Waals surface area contributed by atoms with Gasteiger partial charge in [-0.15, -0.1) is 0 Å². The van der Waals surface area contributed by atoms with E-state index in [1.807, 2.05) is 0 Å². The summed E-state index contributed by atoms with van der Waals surface area (Å²) >= 11 is 0. The summed E-state index contributed by atoms with van der Waals surface area (Å²) in [5.41, 5.74) is 0.0546. The third-order valence-corrected chi connectivity index (χ3v) is 4.40. The zero-order chi connectivity index (χ0) is 14.9. The summed E-state index contributed by atoms with van der Waals surface area (Å²) in [7, 11) is 1.80. The van der Waals surface area contributed by atoms with E-state index in [0.717, 1.165) is 18.9 Å². The van der Waals surface area contributed by atoms with E-state index >= 15 is 0 Å². The summed E-state index contributed by atoms with van der Waals surface area (Å²) < 4.78 is 5.66. The molecule has 2 unspecified atom stereocenters. The molecule has 112 valence electrons. The molecule has 1 saturated carbocycles. The summed E-state index contributed by atoms with van der Waals surface area (Å²) in [5.74, 6) is 0.895. The Balaban J connectivity index is 2.71. The van der Waals surface area contributed by atoms with Crippen LogP contribution in [0.3, 0.4) is 0 Å². The van der Waals surface area contributed by atoms with E-state index in [2.05, 4.69) is 64.1 Å². The molecular formula is C15H31N3O. The summed E-state index contributed by atoms with van der Waals surface area (Å²) in [4.78, 5) is 4.52. The van der Waals surface area contributed by atoms with Gasteiger partial charge in [-0.05, 0) is 41.0 Å². The van der Waals surface area contributed by atoms with Crippen LogP contribution in [-0.2, 0) is 4.74 Å². The van der Waals surface area contributed by atoms with E-state index in [-0.39, 0.29) is 16.6 Å². The number of hydrogen-bond acceptors (Lipinski definition) is 2. The Labute approximate surface area is 118 Å². The third kappa shape index (κ3) is 3.41. The molecule has 4 nitrogen and oxygen atoms in total. The molecule has 1 aliphatic rings. The minimum atomic E-state index is -0.0519. The molecule has 0 aliphatic heterocycles. The van der Waals surface area contributed by atoms with Crippen LogP contribution in [-0.4, -0.2) is 36.8 Å². The first-order chi connectivity index (χ1) is 8.55. The summed E-state index contributed by atoms with van der Waals surface area (Å²) in [6.45, 7) is 15.9. The van der Waals surface area contributed by atoms with Crippen LogP contribution in [0, 0.1) is 5.41 Å². The van der Waals surface area contributed by atoms with Gasteiger partial charge in [-0.1, -0.05) is 13.8 Å². The molecule has 0 saturated heterocycles. The number of ether oxygens (including phenoxy) is 1. The van der Waals surface area contributed by atoms with Crippen LogP contribution < -0.4 is 10.6 Å². The fourth-order valence-electron chi connectivity index (χ4n) is 2.52. The number of aliphatic imine (C=N–C) groups is 1. The molecule has 0 radical (unpaired) electrons. The van der Waals surface area contributed by atoms with Gasteiger partial charge in [0.05, 0.1) is 5.60 Å². The fraction of sp³-hybridized carbons (Fsp3) is 0.933. The number of methoxy groups -OCH3 is 1. The molecule has 2 atom stereocenters. The smallest absolute Gasteiger partial charge is 0.191 e. The quantitative estimate of drug-likeness (QED) is 0.611. The lowest BCUT2D eigenvalue weighted by Gasteiger charge is -2.59. The first-order valence-corrected chi connectivity index (χ1v) is 7.20. The average Bonchev–Trinajstić information content (AvgIpc) is 2.26. The maximum Gasteiger partial charge on any atom is 0.191 e. The van der Waals surface area contributed by atoms with Crippen molar-refractivity contribution in [3.63, 3.8) is 0 Å². The summed E-state index contributed by atoms with van der Waals surface area (Å²) in [6, 6.07) is 0.387. The second-order valence-electron chi connectivity index (χ2n) is 7.26. The van der Waals surface area contributed by atoms with Crippen LogP contribution >= 0.6 is 0 Å². The van der Waals surface area contributed by atoms with Gasteiger partial charge >= 0.3 is 0 Å². The van der Waals surface area contributed by atoms with Gasteiger partial charge in [-0.3, -0.25) is 4.99 Å². The van der Waals surface area contributed by atoms with E-state index in [1.54, 1.807) is 7.11 Å². The molecule has 1 aliphatic carbocycles. The van der Waals surface area contributed by atoms with Crippen LogP contribution in [0.5, 0.6) is 0 Å². The largest absolute Gasteiger partial charge is 0.378 e. The second-order valence-corrected chi connectivity index (χ2v) is 7.26. The Bertz CT molecular complexity index is 344. The highest BCUT2D eigenvalue weighted by Gasteiger charge is 2.58. The van der Waals surface area contributed by atoms with Gasteiger partial charge in [0.1, 0.15) is 0 Å². The first-order valence-electron chi connectivity index (χ1n) is 7.20. The average molecular weight is 269 g/mol. The van der Waals surface area contributed by atoms with E-state index in [0.29, 0.717) is 6.04 Å². The van der Waals surface area contributed by atoms with Crippen molar-refractivity contribution in [2.45, 2.75) is 72.1 Å². The lowest BCUT2D eigenvalue weighted by atomic mass is 9.56. The van der Waals surface area contributed by atoms with Gasteiger partial charge in [0.2, 0.25) is 0 Å². The lowest BCUT2D eigenvalue weighted by Crippen LogP contribution is -2.70. The molecular weight excluding hydrogens is 238 g/mol. The van der Waals surface area contributed by atoms with Crippen LogP contribution in [0.4, 0.5) is 0 Å². The number of guanidine groups is 1. The molecule has 0 amide bonds. The summed E-state index contributed by atoms with van der Waals surface area (Å²) in [6.07, 6.45) is 1.01. The van der Waals surface area contributed by atoms with Crippen molar-refractivity contribution in [2.75, 3.05) is 13.7 Å². The minimum absolute atomic E-state index is 0.0133. The van der Waals surface area contributed by atoms with Gasteiger partial charge in [-0.25, -0.2) is 0 Å². The van der Waals surface area contributed by atoms with Crippen molar-refractivity contribution in [1.29, 1.82) is 0 Å². The molecule has 0 aromatic carbocycles. The lowest BCUT2D eigenvalue weighted by molar-refractivity contribution is -0.176. The van der Waals surface area contributed by atoms with E-state index in [4.69, 9.17) is 4.74 Å². The molecule has 19 heavy (non-hydrogen) atoms. The Hall–Kier alpha value is -0.770. The van der Waals surface area contributed by atoms with Gasteiger partial charge < -0.3 is 15.4 Å². The normalized spacial score (nSPS) is 30.7. The SMILES string of the molecule is CCN=C(NC1CC(C)(OC)C1(C)C)NC(C)(C)C. The molecule has 1 fully saturated rings. The number of hydrogen-bond donors (Lipinski definition) is 2. The predicted molar refractivity (Wildman–Crippen MR) is 81.6 cm³/mol. The third-order valence-electron chi connectivity index (χ3n) is 4.40. The zero-order valence-electron chi connectivity index (χ0n) is 13.8. The number of nitrogens with zero attached hydrogens (tertiary/aromatic N) is 1. The second kappa shape index (κ2) is 5.31. The molecule has 4 heteroatoms. The van der Waals surface area contributed by atoms with Crippen molar-refractivity contribution in [1.82, 2.24) is 10.6 Å². The van der Waals surface area contributed by atoms with Crippen LogP contribution in [0.2, 0.25) is 0 Å². The molecule has 2 N–H and O–H groups in total. The molecule has 0 bridgehead atoms. The highest BCUT2D eigenvalue weighted by molar-refractivity contribution is 5.81. The van der Waals surface area contributed by atoms with Crippen LogP contribution in [0.1, 0.15) is 54.9 Å². The Morgan fingerprint density at radius 1 is 1.32 bits per heavy atom. The predicted octanol–water partition coefficient (Wildman–Crippen LogP) is 2.54. The van der Waals surface area contributed by atoms with Crippen LogP contribution in [0.15, 0.2) is 4.99 Å². The maximum absolute atomic E-state index is 5.66. The van der Waals surface area contributed by atoms with Crippen molar-refractivity contribution < 1.29 is 4.74 Å².